The Hall–Kier alpha value is -2.45. The van der Waals surface area contributed by atoms with Crippen molar-refractivity contribution in [3.8, 4) is 11.3 Å². The van der Waals surface area contributed by atoms with Crippen molar-refractivity contribution < 1.29 is 8.78 Å². The molecule has 0 unspecified atom stereocenters. The number of benzene rings is 3. The molecule has 0 N–H and O–H groups in total. The molecule has 0 atom stereocenters. The van der Waals surface area contributed by atoms with Crippen molar-refractivity contribution in [3.05, 3.63) is 104 Å². The molecule has 0 amide bonds. The van der Waals surface area contributed by atoms with E-state index in [2.05, 4.69) is 10.2 Å². The minimum Gasteiger partial charge on any atom is -0.260 e. The Labute approximate surface area is 207 Å². The van der Waals surface area contributed by atoms with Crippen molar-refractivity contribution in [1.29, 1.82) is 0 Å². The number of rotatable bonds is 6. The highest BCUT2D eigenvalue weighted by molar-refractivity contribution is 7.98. The van der Waals surface area contributed by atoms with Crippen molar-refractivity contribution in [3.63, 3.8) is 0 Å². The van der Waals surface area contributed by atoms with Gasteiger partial charge in [0.05, 0.1) is 5.69 Å². The average molecular weight is 518 g/mol. The molecule has 9 heteroatoms. The van der Waals surface area contributed by atoms with E-state index in [0.29, 0.717) is 43.5 Å². The minimum absolute atomic E-state index is 0.296. The molecule has 0 radical (unpaired) electrons. The smallest absolute Gasteiger partial charge is 0.217 e. The summed E-state index contributed by atoms with van der Waals surface area (Å²) in [6.45, 7) is 0. The maximum absolute atomic E-state index is 14.5. The lowest BCUT2D eigenvalue weighted by atomic mass is 10.1. The van der Waals surface area contributed by atoms with Crippen LogP contribution in [0.25, 0.3) is 16.2 Å². The number of hydrogen-bond donors (Lipinski definition) is 0. The number of aromatic nitrogens is 3. The number of fused-ring (bicyclic) bond motifs is 1. The molecule has 0 saturated heterocycles. The fraction of sp³-hybridized carbons (Fsp3) is 0.0833. The fourth-order valence-electron chi connectivity index (χ4n) is 3.57. The van der Waals surface area contributed by atoms with Crippen molar-refractivity contribution in [1.82, 2.24) is 14.6 Å². The van der Waals surface area contributed by atoms with E-state index in [1.165, 1.54) is 35.2 Å². The second-order valence-electron chi connectivity index (χ2n) is 7.21. The molecule has 0 spiro atoms. The number of thioether (sulfide) groups is 1. The summed E-state index contributed by atoms with van der Waals surface area (Å²) in [5.74, 6) is -0.418. The van der Waals surface area contributed by atoms with Gasteiger partial charge in [0, 0.05) is 38.2 Å². The first-order valence-electron chi connectivity index (χ1n) is 9.93. The van der Waals surface area contributed by atoms with Crippen molar-refractivity contribution in [2.24, 2.45) is 0 Å². The van der Waals surface area contributed by atoms with Gasteiger partial charge in [-0.2, -0.15) is 0 Å². The van der Waals surface area contributed by atoms with Crippen LogP contribution in [-0.4, -0.2) is 14.6 Å². The third-order valence-corrected chi connectivity index (χ3v) is 7.85. The van der Waals surface area contributed by atoms with Crippen LogP contribution in [0.2, 0.25) is 10.0 Å². The number of hydrogen-bond acceptors (Lipinski definition) is 4. The normalized spacial score (nSPS) is 11.4. The Bertz CT molecular complexity index is 1410. The van der Waals surface area contributed by atoms with E-state index in [9.17, 15) is 8.78 Å². The molecule has 2 heterocycles. The monoisotopic (exact) mass is 517 g/mol. The van der Waals surface area contributed by atoms with Crippen molar-refractivity contribution in [2.75, 3.05) is 0 Å². The van der Waals surface area contributed by atoms with E-state index in [1.807, 2.05) is 34.7 Å². The van der Waals surface area contributed by atoms with Gasteiger partial charge in [0.15, 0.2) is 5.16 Å². The van der Waals surface area contributed by atoms with E-state index in [-0.39, 0.29) is 11.6 Å². The van der Waals surface area contributed by atoms with Gasteiger partial charge in [-0.15, -0.1) is 10.2 Å². The van der Waals surface area contributed by atoms with E-state index in [1.54, 1.807) is 24.3 Å². The second kappa shape index (κ2) is 9.43. The highest BCUT2D eigenvalue weighted by Crippen LogP contribution is 2.38. The molecule has 166 valence electrons. The van der Waals surface area contributed by atoms with E-state index < -0.39 is 0 Å². The van der Waals surface area contributed by atoms with Gasteiger partial charge in [0.1, 0.15) is 11.6 Å². The Morgan fingerprint density at radius 2 is 1.48 bits per heavy atom. The van der Waals surface area contributed by atoms with Crippen molar-refractivity contribution in [2.45, 2.75) is 17.3 Å². The standard InChI is InChI=1S/C24H15Cl2F2N3S2/c25-17-8-4-10-19(27)15(17)12-21-22(14-6-2-1-3-7-14)31-23(29-30-24(31)33-21)32-13-16-18(26)9-5-11-20(16)28/h1-11H,12-13H2. The van der Waals surface area contributed by atoms with Gasteiger partial charge in [0.2, 0.25) is 4.96 Å². The van der Waals surface area contributed by atoms with Gasteiger partial charge in [-0.05, 0) is 29.8 Å². The Balaban J connectivity index is 1.60. The summed E-state index contributed by atoms with van der Waals surface area (Å²) >= 11 is 15.3. The van der Waals surface area contributed by atoms with Gasteiger partial charge >= 0.3 is 0 Å². The highest BCUT2D eigenvalue weighted by Gasteiger charge is 2.22. The average Bonchev–Trinajstić information content (AvgIpc) is 3.35. The molecular formula is C24H15Cl2F2N3S2. The predicted octanol–water partition coefficient (Wildman–Crippen LogP) is 7.93. The van der Waals surface area contributed by atoms with Crippen LogP contribution >= 0.6 is 46.3 Å². The molecule has 5 rings (SSSR count). The molecule has 0 bridgehead atoms. The van der Waals surface area contributed by atoms with Crippen LogP contribution in [0, 0.1) is 11.6 Å². The maximum Gasteiger partial charge on any atom is 0.217 e. The fourth-order valence-corrected chi connectivity index (χ4v) is 6.23. The summed E-state index contributed by atoms with van der Waals surface area (Å²) in [4.78, 5) is 1.57. The molecule has 5 aromatic rings. The van der Waals surface area contributed by atoms with Crippen LogP contribution in [0.15, 0.2) is 71.9 Å². The number of halogens is 4. The molecule has 0 saturated carbocycles. The van der Waals surface area contributed by atoms with Crippen LogP contribution < -0.4 is 0 Å². The summed E-state index contributed by atoms with van der Waals surface area (Å²) in [5.41, 5.74) is 2.65. The van der Waals surface area contributed by atoms with Crippen LogP contribution in [0.4, 0.5) is 8.78 Å². The minimum atomic E-state index is -0.362. The van der Waals surface area contributed by atoms with Crippen LogP contribution in [0.5, 0.6) is 0 Å². The predicted molar refractivity (Wildman–Crippen MR) is 131 cm³/mol. The Kier molecular flexibility index (Phi) is 6.38. The lowest BCUT2D eigenvalue weighted by Crippen LogP contribution is -1.97. The zero-order valence-electron chi connectivity index (χ0n) is 16.9. The van der Waals surface area contributed by atoms with Crippen LogP contribution in [0.3, 0.4) is 0 Å². The van der Waals surface area contributed by atoms with Crippen LogP contribution in [-0.2, 0) is 12.2 Å². The summed E-state index contributed by atoms with van der Waals surface area (Å²) in [6.07, 6.45) is 0.313. The zero-order valence-corrected chi connectivity index (χ0v) is 20.1. The second-order valence-corrected chi connectivity index (χ2v) is 10.0. The molecule has 3 nitrogen and oxygen atoms in total. The topological polar surface area (TPSA) is 30.2 Å². The molecule has 0 aliphatic carbocycles. The summed E-state index contributed by atoms with van der Waals surface area (Å²) in [7, 11) is 0. The first kappa shape index (κ1) is 22.3. The van der Waals surface area contributed by atoms with Gasteiger partial charge in [-0.25, -0.2) is 8.78 Å². The molecule has 0 aliphatic rings. The quantitative estimate of drug-likeness (QED) is 0.214. The summed E-state index contributed by atoms with van der Waals surface area (Å²) in [6, 6.07) is 19.1. The third kappa shape index (κ3) is 4.38. The van der Waals surface area contributed by atoms with Gasteiger partial charge in [-0.1, -0.05) is 88.8 Å². The number of thiazole rings is 1. The van der Waals surface area contributed by atoms with E-state index >= 15 is 0 Å². The maximum atomic E-state index is 14.5. The van der Waals surface area contributed by atoms with E-state index in [0.717, 1.165) is 16.1 Å². The Morgan fingerprint density at radius 3 is 2.15 bits per heavy atom. The lowest BCUT2D eigenvalue weighted by molar-refractivity contribution is 0.614. The zero-order chi connectivity index (χ0) is 22.9. The summed E-state index contributed by atoms with van der Waals surface area (Å²) < 4.78 is 30.8. The van der Waals surface area contributed by atoms with Gasteiger partial charge < -0.3 is 0 Å². The van der Waals surface area contributed by atoms with Crippen LogP contribution in [0.1, 0.15) is 16.0 Å². The van der Waals surface area contributed by atoms with Gasteiger partial charge in [-0.3, -0.25) is 4.40 Å². The largest absolute Gasteiger partial charge is 0.260 e. The first-order chi connectivity index (χ1) is 16.0. The molecule has 3 aromatic carbocycles. The lowest BCUT2D eigenvalue weighted by Gasteiger charge is -2.09. The highest BCUT2D eigenvalue weighted by atomic mass is 35.5. The molecule has 33 heavy (non-hydrogen) atoms. The Morgan fingerprint density at radius 1 is 0.818 bits per heavy atom. The molecular weight excluding hydrogens is 503 g/mol. The van der Waals surface area contributed by atoms with E-state index in [4.69, 9.17) is 23.2 Å². The third-order valence-electron chi connectivity index (χ3n) is 5.16. The van der Waals surface area contributed by atoms with Crippen molar-refractivity contribution >= 4 is 51.3 Å². The molecule has 0 aliphatic heterocycles. The molecule has 2 aromatic heterocycles. The first-order valence-corrected chi connectivity index (χ1v) is 12.5. The number of nitrogens with zero attached hydrogens (tertiary/aromatic N) is 3. The SMILES string of the molecule is Fc1cccc(Cl)c1CSc1nnc2sc(Cc3c(F)cccc3Cl)c(-c3ccccc3)n12. The summed E-state index contributed by atoms with van der Waals surface area (Å²) in [5, 5.41) is 9.99. The van der Waals surface area contributed by atoms with Gasteiger partial charge in [0.25, 0.3) is 0 Å². The molecule has 0 fully saturated rings.